The number of piperazine rings is 1. The highest BCUT2D eigenvalue weighted by molar-refractivity contribution is 5.86. The highest BCUT2D eigenvalue weighted by Gasteiger charge is 2.31. The van der Waals surface area contributed by atoms with E-state index < -0.39 is 18.1 Å². The van der Waals surface area contributed by atoms with Crippen LogP contribution in [0, 0.1) is 5.82 Å². The van der Waals surface area contributed by atoms with Crippen molar-refractivity contribution in [2.75, 3.05) is 26.2 Å². The fourth-order valence-corrected chi connectivity index (χ4v) is 2.76. The number of aliphatic carboxylic acids is 1. The monoisotopic (exact) mass is 403 g/mol. The van der Waals surface area contributed by atoms with Crippen LogP contribution < -0.4 is 5.73 Å². The van der Waals surface area contributed by atoms with E-state index in [-0.39, 0.29) is 43.0 Å². The molecule has 1 aliphatic rings. The van der Waals surface area contributed by atoms with E-state index in [2.05, 4.69) is 4.90 Å². The lowest BCUT2D eigenvalue weighted by molar-refractivity contribution is -0.144. The van der Waals surface area contributed by atoms with Gasteiger partial charge in [-0.2, -0.15) is 0 Å². The quantitative estimate of drug-likeness (QED) is 0.785. The van der Waals surface area contributed by atoms with Crippen LogP contribution >= 0.6 is 37.2 Å². The maximum absolute atomic E-state index is 12.9. The molecular weight excluding hydrogens is 380 g/mol. The third-order valence-corrected chi connectivity index (χ3v) is 3.87. The molecule has 3 N–H and O–H groups in total. The van der Waals surface area contributed by atoms with Crippen LogP contribution in [0.4, 0.5) is 4.39 Å². The van der Waals surface area contributed by atoms with Gasteiger partial charge in [0.25, 0.3) is 0 Å². The molecule has 24 heavy (non-hydrogen) atoms. The Bertz CT molecular complexity index is 483. The molecule has 0 aromatic heterocycles. The number of hydrogen-bond acceptors (Lipinski definition) is 4. The Morgan fingerprint density at radius 2 is 1.67 bits per heavy atom. The van der Waals surface area contributed by atoms with E-state index in [1.54, 1.807) is 19.1 Å². The molecule has 0 spiro atoms. The minimum atomic E-state index is -0.864. The molecule has 1 fully saturated rings. The summed E-state index contributed by atoms with van der Waals surface area (Å²) in [6, 6.07) is 5.46. The fraction of sp³-hybridized carbons (Fsp3) is 0.533. The highest BCUT2D eigenvalue weighted by atomic mass is 35.5. The van der Waals surface area contributed by atoms with Crippen LogP contribution in [-0.4, -0.2) is 59.1 Å². The molecule has 5 nitrogen and oxygen atoms in total. The molecule has 1 aromatic carbocycles. The van der Waals surface area contributed by atoms with Gasteiger partial charge in [-0.25, -0.2) is 4.39 Å². The molecular formula is C15H25Cl3FN3O2. The van der Waals surface area contributed by atoms with Gasteiger partial charge in [0.05, 0.1) is 0 Å². The standard InChI is InChI=1S/C15H22FN3O2.3ClH/c1-11(17)14(15(20)21)19-8-6-18(7-9-19)10-12-2-4-13(16)5-3-12;;;/h2-5,11,14H,6-10,17H2,1H3,(H,20,21);3*1H. The van der Waals surface area contributed by atoms with Crippen molar-refractivity contribution in [3.63, 3.8) is 0 Å². The molecule has 0 amide bonds. The lowest BCUT2D eigenvalue weighted by Gasteiger charge is -2.38. The number of carboxylic acids is 1. The third kappa shape index (κ3) is 7.09. The van der Waals surface area contributed by atoms with Gasteiger partial charge in [-0.05, 0) is 24.6 Å². The Hall–Kier alpha value is -0.630. The Kier molecular flexibility index (Phi) is 12.6. The number of carbonyl (C=O) groups is 1. The van der Waals surface area contributed by atoms with Crippen molar-refractivity contribution in [2.24, 2.45) is 5.73 Å². The second-order valence-electron chi connectivity index (χ2n) is 5.58. The summed E-state index contributed by atoms with van der Waals surface area (Å²) in [4.78, 5) is 15.4. The average molecular weight is 405 g/mol. The number of benzene rings is 1. The molecule has 140 valence electrons. The lowest BCUT2D eigenvalue weighted by Crippen LogP contribution is -2.57. The van der Waals surface area contributed by atoms with E-state index in [9.17, 15) is 14.3 Å². The molecule has 1 aliphatic heterocycles. The second kappa shape index (κ2) is 11.8. The van der Waals surface area contributed by atoms with Crippen LogP contribution in [0.15, 0.2) is 24.3 Å². The summed E-state index contributed by atoms with van der Waals surface area (Å²) >= 11 is 0. The van der Waals surface area contributed by atoms with E-state index in [1.165, 1.54) is 12.1 Å². The number of rotatable bonds is 5. The summed E-state index contributed by atoms with van der Waals surface area (Å²) in [5.74, 6) is -1.10. The number of nitrogens with zero attached hydrogens (tertiary/aromatic N) is 2. The lowest BCUT2D eigenvalue weighted by atomic mass is 10.1. The smallest absolute Gasteiger partial charge is 0.322 e. The van der Waals surface area contributed by atoms with E-state index in [4.69, 9.17) is 5.73 Å². The molecule has 1 saturated heterocycles. The predicted octanol–water partition coefficient (Wildman–Crippen LogP) is 2.01. The zero-order valence-corrected chi connectivity index (χ0v) is 15.9. The molecule has 2 unspecified atom stereocenters. The van der Waals surface area contributed by atoms with Gasteiger partial charge in [0, 0.05) is 38.8 Å². The Labute approximate surface area is 160 Å². The van der Waals surface area contributed by atoms with Crippen molar-refractivity contribution in [1.82, 2.24) is 9.80 Å². The maximum Gasteiger partial charge on any atom is 0.322 e. The van der Waals surface area contributed by atoms with Crippen LogP contribution in [0.25, 0.3) is 0 Å². The number of nitrogens with two attached hydrogens (primary N) is 1. The summed E-state index contributed by atoms with van der Waals surface area (Å²) in [5, 5.41) is 9.25. The maximum atomic E-state index is 12.9. The van der Waals surface area contributed by atoms with Crippen molar-refractivity contribution in [1.29, 1.82) is 0 Å². The van der Waals surface area contributed by atoms with Gasteiger partial charge in [0.1, 0.15) is 11.9 Å². The number of hydrogen-bond donors (Lipinski definition) is 2. The predicted molar refractivity (Wildman–Crippen MR) is 100 cm³/mol. The number of carboxylic acid groups (broad SMARTS) is 1. The molecule has 0 aliphatic carbocycles. The minimum absolute atomic E-state index is 0. The number of halogens is 4. The van der Waals surface area contributed by atoms with E-state index >= 15 is 0 Å². The van der Waals surface area contributed by atoms with E-state index in [1.807, 2.05) is 4.90 Å². The van der Waals surface area contributed by atoms with Gasteiger partial charge in [-0.3, -0.25) is 14.6 Å². The van der Waals surface area contributed by atoms with Gasteiger partial charge in [0.2, 0.25) is 0 Å². The normalized spacial score (nSPS) is 17.6. The second-order valence-corrected chi connectivity index (χ2v) is 5.58. The van der Waals surface area contributed by atoms with Crippen molar-refractivity contribution in [3.8, 4) is 0 Å². The van der Waals surface area contributed by atoms with E-state index in [0.29, 0.717) is 13.1 Å². The van der Waals surface area contributed by atoms with Crippen LogP contribution in [0.3, 0.4) is 0 Å². The Morgan fingerprint density at radius 1 is 1.17 bits per heavy atom. The van der Waals surface area contributed by atoms with Gasteiger partial charge in [-0.1, -0.05) is 12.1 Å². The zero-order valence-electron chi connectivity index (χ0n) is 13.4. The molecule has 2 atom stereocenters. The van der Waals surface area contributed by atoms with E-state index in [0.717, 1.165) is 25.2 Å². The van der Waals surface area contributed by atoms with Gasteiger partial charge >= 0.3 is 5.97 Å². The van der Waals surface area contributed by atoms with Crippen LogP contribution in [0.1, 0.15) is 12.5 Å². The molecule has 0 radical (unpaired) electrons. The fourth-order valence-electron chi connectivity index (χ4n) is 2.76. The molecule has 2 rings (SSSR count). The topological polar surface area (TPSA) is 69.8 Å². The first-order valence-corrected chi connectivity index (χ1v) is 7.16. The van der Waals surface area contributed by atoms with Crippen LogP contribution in [0.2, 0.25) is 0 Å². The average Bonchev–Trinajstić information content (AvgIpc) is 2.42. The first kappa shape index (κ1) is 25.6. The first-order chi connectivity index (χ1) is 9.97. The Balaban J connectivity index is 0. The van der Waals surface area contributed by atoms with Crippen molar-refractivity contribution in [3.05, 3.63) is 35.6 Å². The molecule has 1 heterocycles. The Morgan fingerprint density at radius 3 is 2.08 bits per heavy atom. The van der Waals surface area contributed by atoms with Gasteiger partial charge in [-0.15, -0.1) is 37.2 Å². The van der Waals surface area contributed by atoms with Crippen LogP contribution in [-0.2, 0) is 11.3 Å². The minimum Gasteiger partial charge on any atom is -0.480 e. The highest BCUT2D eigenvalue weighted by Crippen LogP contribution is 2.12. The molecule has 9 heteroatoms. The third-order valence-electron chi connectivity index (χ3n) is 3.87. The SMILES string of the molecule is CC(N)C(C(=O)O)N1CCN(Cc2ccc(F)cc2)CC1.Cl.Cl.Cl. The molecule has 0 saturated carbocycles. The summed E-state index contributed by atoms with van der Waals surface area (Å²) in [7, 11) is 0. The summed E-state index contributed by atoms with van der Waals surface area (Å²) < 4.78 is 12.9. The van der Waals surface area contributed by atoms with Crippen molar-refractivity contribution >= 4 is 43.2 Å². The largest absolute Gasteiger partial charge is 0.480 e. The van der Waals surface area contributed by atoms with Crippen LogP contribution in [0.5, 0.6) is 0 Å². The zero-order chi connectivity index (χ0) is 15.4. The molecule has 0 bridgehead atoms. The van der Waals surface area contributed by atoms with Gasteiger partial charge < -0.3 is 10.8 Å². The van der Waals surface area contributed by atoms with Crippen molar-refractivity contribution in [2.45, 2.75) is 25.6 Å². The summed E-state index contributed by atoms with van der Waals surface area (Å²) in [6.07, 6.45) is 0. The first-order valence-electron chi connectivity index (χ1n) is 7.16. The summed E-state index contributed by atoms with van der Waals surface area (Å²) in [5.41, 5.74) is 6.83. The van der Waals surface area contributed by atoms with Crippen molar-refractivity contribution < 1.29 is 14.3 Å². The summed E-state index contributed by atoms with van der Waals surface area (Å²) in [6.45, 7) is 5.41. The molecule has 1 aromatic rings. The van der Waals surface area contributed by atoms with Gasteiger partial charge in [0.15, 0.2) is 0 Å².